The minimum Gasteiger partial charge on any atom is -0.367 e. The molecule has 0 bridgehead atoms. The number of thioether (sulfide) groups is 1. The quantitative estimate of drug-likeness (QED) is 0.675. The van der Waals surface area contributed by atoms with Crippen LogP contribution in [0.15, 0.2) is 35.2 Å². The summed E-state index contributed by atoms with van der Waals surface area (Å²) in [6.07, 6.45) is 0. The van der Waals surface area contributed by atoms with E-state index in [2.05, 4.69) is 33.7 Å². The summed E-state index contributed by atoms with van der Waals surface area (Å²) in [5, 5.41) is 20.5. The molecule has 0 amide bonds. The van der Waals surface area contributed by atoms with Crippen LogP contribution in [0.2, 0.25) is 0 Å². The van der Waals surface area contributed by atoms with Gasteiger partial charge in [0.05, 0.1) is 5.69 Å². The predicted octanol–water partition coefficient (Wildman–Crippen LogP) is 3.17. The van der Waals surface area contributed by atoms with Crippen molar-refractivity contribution >= 4 is 17.6 Å². The number of aromatic nitrogens is 2. The number of nitrogens with zero attached hydrogens (tertiary/aromatic N) is 3. The van der Waals surface area contributed by atoms with E-state index in [1.54, 1.807) is 11.8 Å². The van der Waals surface area contributed by atoms with Gasteiger partial charge in [0.2, 0.25) is 0 Å². The molecule has 2 rings (SSSR count). The molecule has 0 spiro atoms. The summed E-state index contributed by atoms with van der Waals surface area (Å²) >= 11 is 1.77. The monoisotopic (exact) mass is 284 g/mol. The average molecular weight is 284 g/mol. The molecule has 0 saturated carbocycles. The van der Waals surface area contributed by atoms with Gasteiger partial charge in [0, 0.05) is 17.2 Å². The number of benzene rings is 1. The third-order valence-electron chi connectivity index (χ3n) is 2.97. The molecule has 5 heteroatoms. The molecule has 0 aliphatic heterocycles. The number of nitriles is 1. The van der Waals surface area contributed by atoms with Crippen LogP contribution in [0.25, 0.3) is 0 Å². The molecule has 1 heterocycles. The van der Waals surface area contributed by atoms with Crippen molar-refractivity contribution in [3.05, 3.63) is 47.2 Å². The largest absolute Gasteiger partial charge is 0.367 e. The summed E-state index contributed by atoms with van der Waals surface area (Å²) in [5.41, 5.74) is 2.27. The summed E-state index contributed by atoms with van der Waals surface area (Å²) in [6, 6.07) is 12.4. The fourth-order valence-electron chi connectivity index (χ4n) is 1.72. The number of rotatable bonds is 5. The number of nitrogens with one attached hydrogen (secondary N) is 1. The van der Waals surface area contributed by atoms with E-state index in [-0.39, 0.29) is 0 Å². The maximum absolute atomic E-state index is 9.20. The van der Waals surface area contributed by atoms with Crippen LogP contribution in [0.3, 0.4) is 0 Å². The fourth-order valence-corrected chi connectivity index (χ4v) is 2.51. The van der Waals surface area contributed by atoms with Crippen LogP contribution in [0.5, 0.6) is 0 Å². The van der Waals surface area contributed by atoms with E-state index in [1.165, 1.54) is 4.90 Å². The molecule has 0 fully saturated rings. The van der Waals surface area contributed by atoms with Crippen LogP contribution in [-0.4, -0.2) is 22.5 Å². The number of hydrogen-bond acceptors (Lipinski definition) is 5. The second-order valence-electron chi connectivity index (χ2n) is 4.33. The second kappa shape index (κ2) is 6.92. The first kappa shape index (κ1) is 14.4. The van der Waals surface area contributed by atoms with Crippen molar-refractivity contribution in [2.24, 2.45) is 0 Å². The van der Waals surface area contributed by atoms with Gasteiger partial charge in [-0.1, -0.05) is 18.2 Å². The highest BCUT2D eigenvalue weighted by molar-refractivity contribution is 7.99. The highest BCUT2D eigenvalue weighted by Crippen LogP contribution is 2.19. The van der Waals surface area contributed by atoms with Crippen LogP contribution >= 0.6 is 11.8 Å². The Morgan fingerprint density at radius 1 is 1.20 bits per heavy atom. The molecule has 0 saturated heterocycles. The lowest BCUT2D eigenvalue weighted by Gasteiger charge is -2.09. The summed E-state index contributed by atoms with van der Waals surface area (Å²) in [6.45, 7) is 4.50. The second-order valence-corrected chi connectivity index (χ2v) is 5.50. The molecule has 1 aromatic carbocycles. The molecule has 1 N–H and O–H groups in total. The average Bonchev–Trinajstić information content (AvgIpc) is 2.48. The summed E-state index contributed by atoms with van der Waals surface area (Å²) in [7, 11) is 0. The van der Waals surface area contributed by atoms with Gasteiger partial charge < -0.3 is 5.32 Å². The lowest BCUT2D eigenvalue weighted by molar-refractivity contribution is 0.947. The third kappa shape index (κ3) is 3.49. The maximum atomic E-state index is 9.20. The number of anilines is 1. The lowest BCUT2D eigenvalue weighted by atomic mass is 10.1. The van der Waals surface area contributed by atoms with Gasteiger partial charge in [0.1, 0.15) is 11.6 Å². The highest BCUT2D eigenvalue weighted by atomic mass is 32.2. The Hall–Kier alpha value is -2.06. The van der Waals surface area contributed by atoms with Gasteiger partial charge in [-0.3, -0.25) is 0 Å². The van der Waals surface area contributed by atoms with Gasteiger partial charge in [-0.2, -0.15) is 10.4 Å². The van der Waals surface area contributed by atoms with Crippen molar-refractivity contribution in [3.8, 4) is 6.07 Å². The summed E-state index contributed by atoms with van der Waals surface area (Å²) < 4.78 is 0. The molecular weight excluding hydrogens is 268 g/mol. The Balaban J connectivity index is 1.92. The normalized spacial score (nSPS) is 10.1. The minimum atomic E-state index is 0.573. The number of hydrogen-bond donors (Lipinski definition) is 1. The lowest BCUT2D eigenvalue weighted by Crippen LogP contribution is -2.10. The van der Waals surface area contributed by atoms with E-state index < -0.39 is 0 Å². The van der Waals surface area contributed by atoms with E-state index in [9.17, 15) is 5.26 Å². The molecule has 0 radical (unpaired) electrons. The highest BCUT2D eigenvalue weighted by Gasteiger charge is 2.09. The van der Waals surface area contributed by atoms with Crippen LogP contribution in [0, 0.1) is 25.2 Å². The topological polar surface area (TPSA) is 61.6 Å². The van der Waals surface area contributed by atoms with Crippen molar-refractivity contribution in [2.75, 3.05) is 17.6 Å². The molecular formula is C15H16N4S. The zero-order valence-corrected chi connectivity index (χ0v) is 12.4. The Bertz CT molecular complexity index is 620. The molecule has 2 aromatic rings. The minimum absolute atomic E-state index is 0.573. The molecule has 20 heavy (non-hydrogen) atoms. The zero-order valence-electron chi connectivity index (χ0n) is 11.6. The number of aryl methyl sites for hydroxylation is 1. The fraction of sp³-hybridized carbons (Fsp3) is 0.267. The van der Waals surface area contributed by atoms with Crippen molar-refractivity contribution in [3.63, 3.8) is 0 Å². The Morgan fingerprint density at radius 2 is 1.95 bits per heavy atom. The van der Waals surface area contributed by atoms with Crippen LogP contribution < -0.4 is 5.32 Å². The van der Waals surface area contributed by atoms with Crippen LogP contribution in [0.1, 0.15) is 16.8 Å². The van der Waals surface area contributed by atoms with Crippen molar-refractivity contribution in [2.45, 2.75) is 18.7 Å². The van der Waals surface area contributed by atoms with E-state index >= 15 is 0 Å². The Labute approximate surface area is 123 Å². The van der Waals surface area contributed by atoms with Crippen molar-refractivity contribution in [1.29, 1.82) is 5.26 Å². The third-order valence-corrected chi connectivity index (χ3v) is 3.99. The molecule has 0 unspecified atom stereocenters. The molecule has 0 aliphatic rings. The molecule has 0 atom stereocenters. The van der Waals surface area contributed by atoms with Crippen molar-refractivity contribution < 1.29 is 0 Å². The predicted molar refractivity (Wildman–Crippen MR) is 81.9 cm³/mol. The zero-order chi connectivity index (χ0) is 14.4. The van der Waals surface area contributed by atoms with Crippen molar-refractivity contribution in [1.82, 2.24) is 10.2 Å². The summed E-state index contributed by atoms with van der Waals surface area (Å²) in [4.78, 5) is 1.24. The van der Waals surface area contributed by atoms with Gasteiger partial charge in [0.25, 0.3) is 0 Å². The smallest absolute Gasteiger partial charge is 0.166 e. The first-order valence-corrected chi connectivity index (χ1v) is 7.36. The van der Waals surface area contributed by atoms with Gasteiger partial charge in [-0.25, -0.2) is 0 Å². The molecule has 0 aliphatic carbocycles. The van der Waals surface area contributed by atoms with Gasteiger partial charge in [-0.15, -0.1) is 16.9 Å². The van der Waals surface area contributed by atoms with Gasteiger partial charge in [0.15, 0.2) is 5.82 Å². The molecule has 4 nitrogen and oxygen atoms in total. The van der Waals surface area contributed by atoms with E-state index in [0.717, 1.165) is 23.6 Å². The maximum Gasteiger partial charge on any atom is 0.166 e. The SMILES string of the molecule is Cc1nnc(NCCSc2ccccc2)c(C#N)c1C. The van der Waals surface area contributed by atoms with Gasteiger partial charge in [-0.05, 0) is 31.5 Å². The Morgan fingerprint density at radius 3 is 2.65 bits per heavy atom. The molecule has 1 aromatic heterocycles. The standard InChI is InChI=1S/C15H16N4S/c1-11-12(2)18-19-15(14(11)10-16)17-8-9-20-13-6-4-3-5-7-13/h3-7H,8-9H2,1-2H3,(H,17,19). The van der Waals surface area contributed by atoms with Crippen LogP contribution in [0.4, 0.5) is 5.82 Å². The first-order chi connectivity index (χ1) is 9.72. The molecule has 102 valence electrons. The van der Waals surface area contributed by atoms with E-state index in [1.807, 2.05) is 32.0 Å². The van der Waals surface area contributed by atoms with Gasteiger partial charge >= 0.3 is 0 Å². The van der Waals surface area contributed by atoms with Crippen LogP contribution in [-0.2, 0) is 0 Å². The van der Waals surface area contributed by atoms with E-state index in [4.69, 9.17) is 0 Å². The van der Waals surface area contributed by atoms with E-state index in [0.29, 0.717) is 11.4 Å². The summed E-state index contributed by atoms with van der Waals surface area (Å²) in [5.74, 6) is 1.48. The first-order valence-electron chi connectivity index (χ1n) is 6.38. The Kier molecular flexibility index (Phi) is 4.97.